The molecule has 332 valence electrons. The molecule has 7 aliphatic rings. The van der Waals surface area contributed by atoms with E-state index in [1.54, 1.807) is 0 Å². The van der Waals surface area contributed by atoms with E-state index >= 15 is 0 Å². The van der Waals surface area contributed by atoms with Gasteiger partial charge in [-0.05, 0) is 172 Å². The van der Waals surface area contributed by atoms with Gasteiger partial charge in [0, 0.05) is 42.3 Å². The van der Waals surface area contributed by atoms with Crippen LogP contribution in [-0.2, 0) is 17.8 Å². The number of hydrogen-bond donors (Lipinski definition) is 7. The average Bonchev–Trinajstić information content (AvgIpc) is 4.06. The Morgan fingerprint density at radius 1 is 0.803 bits per heavy atom. The van der Waals surface area contributed by atoms with E-state index in [1.807, 2.05) is 18.5 Å². The molecule has 0 radical (unpaired) electrons. The molecule has 5 aliphatic carbocycles. The molecule has 2 bridgehead atoms. The molecule has 2 aromatic carbocycles. The molecular weight excluding hydrogens is 771 g/mol. The fourth-order valence-electron chi connectivity index (χ4n) is 14.8. The number of H-pyrrole nitrogens is 1. The van der Waals surface area contributed by atoms with Crippen LogP contribution in [-0.4, -0.2) is 73.3 Å². The number of benzene rings is 2. The first-order valence-corrected chi connectivity index (χ1v) is 24.0. The number of aromatic amines is 1. The number of hydrogen-bond acceptors (Lipinski definition) is 9. The second kappa shape index (κ2) is 17.0. The third-order valence-corrected chi connectivity index (χ3v) is 17.7. The second-order valence-electron chi connectivity index (χ2n) is 20.7. The maximum atomic E-state index is 12.2. The largest absolute Gasteiger partial charge is 0.504 e. The summed E-state index contributed by atoms with van der Waals surface area (Å²) in [6.07, 6.45) is 18.4. The van der Waals surface area contributed by atoms with Gasteiger partial charge in [0.05, 0.1) is 50.3 Å². The molecule has 0 spiro atoms. The van der Waals surface area contributed by atoms with Gasteiger partial charge in [-0.3, -0.25) is 0 Å². The number of ether oxygens (including phenoxy) is 3. The number of phenols is 2. The minimum atomic E-state index is -0.681. The number of aliphatic hydroxyl groups excluding tert-OH is 3. The number of aromatic nitrogens is 1. The summed E-state index contributed by atoms with van der Waals surface area (Å²) in [5, 5.41) is 68.6. The van der Waals surface area contributed by atoms with Crippen molar-refractivity contribution in [3.63, 3.8) is 0 Å². The summed E-state index contributed by atoms with van der Waals surface area (Å²) in [5.41, 5.74) is 4.17. The van der Waals surface area contributed by atoms with Crippen molar-refractivity contribution in [1.29, 1.82) is 0 Å². The normalized spacial score (nSPS) is 38.6. The van der Waals surface area contributed by atoms with Crippen LogP contribution in [0.5, 0.6) is 23.0 Å². The molecule has 5 saturated carbocycles. The summed E-state index contributed by atoms with van der Waals surface area (Å²) in [7, 11) is 1.46. The van der Waals surface area contributed by atoms with E-state index in [4.69, 9.17) is 14.2 Å². The molecule has 0 amide bonds. The van der Waals surface area contributed by atoms with Gasteiger partial charge in [-0.1, -0.05) is 25.0 Å². The van der Waals surface area contributed by atoms with Gasteiger partial charge in [-0.2, -0.15) is 0 Å². The monoisotopic (exact) mass is 839 g/mol. The number of rotatable bonds is 6. The number of nitrogens with one attached hydrogen (secondary N) is 1. The molecule has 10 nitrogen and oxygen atoms in total. The Kier molecular flexibility index (Phi) is 11.6. The van der Waals surface area contributed by atoms with Crippen LogP contribution in [0.1, 0.15) is 160 Å². The van der Waals surface area contributed by atoms with Gasteiger partial charge in [-0.15, -0.1) is 0 Å². The molecule has 14 atom stereocenters. The predicted molar refractivity (Wildman–Crippen MR) is 231 cm³/mol. The van der Waals surface area contributed by atoms with Gasteiger partial charge >= 0.3 is 0 Å². The van der Waals surface area contributed by atoms with E-state index in [1.165, 1.54) is 56.8 Å². The van der Waals surface area contributed by atoms with Gasteiger partial charge in [0.15, 0.2) is 11.5 Å². The summed E-state index contributed by atoms with van der Waals surface area (Å²) >= 11 is 0. The highest BCUT2D eigenvalue weighted by atomic mass is 16.5. The third kappa shape index (κ3) is 7.68. The van der Waals surface area contributed by atoms with Crippen LogP contribution >= 0.6 is 0 Å². The van der Waals surface area contributed by atoms with Gasteiger partial charge in [0.1, 0.15) is 5.75 Å². The highest BCUT2D eigenvalue weighted by Crippen LogP contribution is 2.60. The van der Waals surface area contributed by atoms with Gasteiger partial charge in [0.25, 0.3) is 0 Å². The maximum Gasteiger partial charge on any atom is 0.201 e. The lowest BCUT2D eigenvalue weighted by atomic mass is 9.54. The van der Waals surface area contributed by atoms with Crippen molar-refractivity contribution in [3.05, 3.63) is 70.0 Å². The maximum absolute atomic E-state index is 12.2. The van der Waals surface area contributed by atoms with Gasteiger partial charge in [-0.25, -0.2) is 0 Å². The van der Waals surface area contributed by atoms with Crippen LogP contribution < -0.4 is 9.47 Å². The van der Waals surface area contributed by atoms with E-state index in [0.717, 1.165) is 68.1 Å². The van der Waals surface area contributed by atoms with Crippen molar-refractivity contribution < 1.29 is 44.8 Å². The van der Waals surface area contributed by atoms with Crippen molar-refractivity contribution >= 4 is 0 Å². The Bertz CT molecular complexity index is 2020. The lowest BCUT2D eigenvalue weighted by Crippen LogP contribution is -2.45. The quantitative estimate of drug-likeness (QED) is 0.120. The van der Waals surface area contributed by atoms with Crippen molar-refractivity contribution in [2.75, 3.05) is 13.7 Å². The molecule has 6 fully saturated rings. The predicted octanol–water partition coefficient (Wildman–Crippen LogP) is 8.68. The number of phenolic OH excluding ortho intramolecular Hbond substituents is 1. The first kappa shape index (κ1) is 41.7. The fourth-order valence-corrected chi connectivity index (χ4v) is 14.8. The fraction of sp³-hybridized carbons (Fsp3) is 0.686. The van der Waals surface area contributed by atoms with Crippen LogP contribution in [0.4, 0.5) is 0 Å². The van der Waals surface area contributed by atoms with E-state index in [2.05, 4.69) is 23.2 Å². The van der Waals surface area contributed by atoms with Crippen LogP contribution in [0.25, 0.3) is 0 Å². The lowest BCUT2D eigenvalue weighted by Gasteiger charge is -2.51. The minimum Gasteiger partial charge on any atom is -0.504 e. The van der Waals surface area contributed by atoms with E-state index in [9.17, 15) is 30.6 Å². The molecular formula is C51H69NO9. The van der Waals surface area contributed by atoms with Crippen molar-refractivity contribution in [3.8, 4) is 23.0 Å². The van der Waals surface area contributed by atoms with Gasteiger partial charge < -0.3 is 49.8 Å². The van der Waals surface area contributed by atoms with Crippen LogP contribution in [0, 0.1) is 41.4 Å². The molecule has 61 heavy (non-hydrogen) atoms. The highest BCUT2D eigenvalue weighted by Gasteiger charge is 2.52. The molecule has 7 N–H and O–H groups in total. The topological polar surface area (TPSA) is 165 Å². The second-order valence-corrected chi connectivity index (χ2v) is 20.7. The molecule has 10 rings (SSSR count). The van der Waals surface area contributed by atoms with Crippen LogP contribution in [0.2, 0.25) is 0 Å². The zero-order chi connectivity index (χ0) is 42.0. The number of methoxy groups -OCH3 is 1. The van der Waals surface area contributed by atoms with E-state index < -0.39 is 42.0 Å². The molecule has 10 heteroatoms. The SMILES string of the molecule is COc1c(O)c(O)c(CO)c(C2CC(O)C3CCC(c4ccc5c(c4)C4C(CCC6C7CCCC7CCC64)C(O)CCC4(O)CCC(CCO5)C4)CC3O2)c1Cc1cc[nH]c1. The Hall–Kier alpha value is -3.28. The van der Waals surface area contributed by atoms with Crippen LogP contribution in [0.15, 0.2) is 36.7 Å². The summed E-state index contributed by atoms with van der Waals surface area (Å²) in [4.78, 5) is 3.09. The van der Waals surface area contributed by atoms with Crippen molar-refractivity contribution in [2.24, 2.45) is 41.4 Å². The lowest BCUT2D eigenvalue weighted by molar-refractivity contribution is -0.154. The van der Waals surface area contributed by atoms with E-state index in [0.29, 0.717) is 67.6 Å². The number of aliphatic hydroxyl groups is 4. The third-order valence-electron chi connectivity index (χ3n) is 17.7. The zero-order valence-electron chi connectivity index (χ0n) is 36.0. The Morgan fingerprint density at radius 2 is 1.62 bits per heavy atom. The number of aromatic hydroxyl groups is 2. The van der Waals surface area contributed by atoms with Crippen molar-refractivity contribution in [1.82, 2.24) is 4.98 Å². The van der Waals surface area contributed by atoms with Crippen molar-refractivity contribution in [2.45, 2.75) is 164 Å². The summed E-state index contributed by atoms with van der Waals surface area (Å²) in [5.74, 6) is 3.96. The first-order chi connectivity index (χ1) is 29.6. The van der Waals surface area contributed by atoms with E-state index in [-0.39, 0.29) is 41.1 Å². The highest BCUT2D eigenvalue weighted by molar-refractivity contribution is 5.64. The Morgan fingerprint density at radius 3 is 2.44 bits per heavy atom. The average molecular weight is 840 g/mol. The molecule has 3 heterocycles. The molecule has 1 aromatic heterocycles. The standard InChI is InChI=1S/C51H69NO9/c1-59-50-39(21-29-15-19-52-26-29)47(40(27-53)48(56)49(50)57)45-24-42(55)36-9-6-32(23-44(36)61-45)31-7-12-43-38(22-31)46-35-8-5-30-3-2-4-33(30)34(35)10-11-37(46)41(54)14-18-51(58)17-13-28(25-51)16-20-60-43/h7,12,15,19,22,26,28,30,32-37,41-42,44-46,52-58H,2-6,8-11,13-14,16-18,20-21,23-25,27H2,1H3. The molecule has 3 aromatic rings. The van der Waals surface area contributed by atoms with Gasteiger partial charge in [0.2, 0.25) is 5.75 Å². The molecule has 2 aliphatic heterocycles. The Balaban J connectivity index is 0.984. The minimum absolute atomic E-state index is 0.0484. The Labute approximate surface area is 361 Å². The van der Waals surface area contributed by atoms with Crippen LogP contribution in [0.3, 0.4) is 0 Å². The molecule has 14 unspecified atom stereocenters. The number of fused-ring (bicyclic) bond motifs is 10. The zero-order valence-corrected chi connectivity index (χ0v) is 36.0. The summed E-state index contributed by atoms with van der Waals surface area (Å²) < 4.78 is 19.6. The summed E-state index contributed by atoms with van der Waals surface area (Å²) in [6.45, 7) is 0.121. The molecule has 1 saturated heterocycles. The first-order valence-electron chi connectivity index (χ1n) is 24.0. The summed E-state index contributed by atoms with van der Waals surface area (Å²) in [6, 6.07) is 8.87. The smallest absolute Gasteiger partial charge is 0.201 e.